The third kappa shape index (κ3) is 2.45. The smallest absolute Gasteiger partial charge is 0.415 e. The second-order valence-electron chi connectivity index (χ2n) is 5.58. The Morgan fingerprint density at radius 3 is 3.05 bits per heavy atom. The van der Waals surface area contributed by atoms with E-state index >= 15 is 0 Å². The number of nitrogens with zero attached hydrogens (tertiary/aromatic N) is 1. The van der Waals surface area contributed by atoms with Crippen molar-refractivity contribution in [3.8, 4) is 0 Å². The van der Waals surface area contributed by atoms with Crippen molar-refractivity contribution in [3.05, 3.63) is 29.8 Å². The molecule has 0 saturated carbocycles. The van der Waals surface area contributed by atoms with Crippen LogP contribution >= 0.6 is 0 Å². The summed E-state index contributed by atoms with van der Waals surface area (Å²) >= 11 is 0. The molecule has 2 saturated heterocycles. The first kappa shape index (κ1) is 12.5. The van der Waals surface area contributed by atoms with E-state index in [0.29, 0.717) is 6.54 Å². The summed E-state index contributed by atoms with van der Waals surface area (Å²) in [6.45, 7) is 4.66. The average molecular weight is 260 g/mol. The molecule has 0 radical (unpaired) electrons. The van der Waals surface area contributed by atoms with Crippen LogP contribution in [0.2, 0.25) is 0 Å². The van der Waals surface area contributed by atoms with E-state index in [1.54, 1.807) is 4.90 Å². The zero-order valence-corrected chi connectivity index (χ0v) is 11.3. The normalized spacial score (nSPS) is 27.4. The number of ether oxygens (including phenoxy) is 1. The van der Waals surface area contributed by atoms with Crippen molar-refractivity contribution in [1.82, 2.24) is 5.32 Å². The Morgan fingerprint density at radius 2 is 2.21 bits per heavy atom. The van der Waals surface area contributed by atoms with E-state index in [0.717, 1.165) is 43.6 Å². The molecule has 2 aliphatic heterocycles. The van der Waals surface area contributed by atoms with Crippen LogP contribution in [-0.4, -0.2) is 31.3 Å². The highest BCUT2D eigenvalue weighted by atomic mass is 16.6. The van der Waals surface area contributed by atoms with Crippen LogP contribution in [0, 0.1) is 6.92 Å². The van der Waals surface area contributed by atoms with E-state index < -0.39 is 0 Å². The molecule has 1 unspecified atom stereocenters. The Balaban J connectivity index is 1.83. The summed E-state index contributed by atoms with van der Waals surface area (Å²) in [5.74, 6) is 0. The van der Waals surface area contributed by atoms with Gasteiger partial charge in [0.25, 0.3) is 0 Å². The highest BCUT2D eigenvalue weighted by Gasteiger charge is 2.45. The van der Waals surface area contributed by atoms with Gasteiger partial charge in [-0.15, -0.1) is 0 Å². The van der Waals surface area contributed by atoms with Crippen molar-refractivity contribution in [3.63, 3.8) is 0 Å². The maximum atomic E-state index is 12.2. The van der Waals surface area contributed by atoms with Gasteiger partial charge in [0, 0.05) is 12.1 Å². The van der Waals surface area contributed by atoms with Gasteiger partial charge in [0.05, 0.1) is 6.54 Å². The summed E-state index contributed by atoms with van der Waals surface area (Å²) in [7, 11) is 0. The number of amides is 1. The van der Waals surface area contributed by atoms with Crippen molar-refractivity contribution >= 4 is 11.8 Å². The second-order valence-corrected chi connectivity index (χ2v) is 5.58. The molecular weight excluding hydrogens is 240 g/mol. The lowest BCUT2D eigenvalue weighted by molar-refractivity contribution is 0.0470. The van der Waals surface area contributed by atoms with Gasteiger partial charge < -0.3 is 10.1 Å². The van der Waals surface area contributed by atoms with Crippen LogP contribution in [0.25, 0.3) is 0 Å². The van der Waals surface area contributed by atoms with E-state index in [1.807, 2.05) is 31.2 Å². The van der Waals surface area contributed by atoms with Crippen LogP contribution < -0.4 is 10.2 Å². The number of carbonyl (C=O) groups excluding carboxylic acids is 1. The van der Waals surface area contributed by atoms with Crippen LogP contribution in [0.3, 0.4) is 0 Å². The lowest BCUT2D eigenvalue weighted by Crippen LogP contribution is -2.35. The summed E-state index contributed by atoms with van der Waals surface area (Å²) < 4.78 is 5.72. The highest BCUT2D eigenvalue weighted by molar-refractivity contribution is 5.90. The van der Waals surface area contributed by atoms with Gasteiger partial charge in [-0.2, -0.15) is 0 Å². The molecule has 1 spiro atoms. The topological polar surface area (TPSA) is 41.6 Å². The average Bonchev–Trinajstić information content (AvgIpc) is 2.57. The number of aryl methyl sites for hydroxylation is 1. The van der Waals surface area contributed by atoms with Gasteiger partial charge in [-0.1, -0.05) is 12.1 Å². The monoisotopic (exact) mass is 260 g/mol. The van der Waals surface area contributed by atoms with Gasteiger partial charge in [-0.3, -0.25) is 4.90 Å². The quantitative estimate of drug-likeness (QED) is 0.843. The number of rotatable bonds is 1. The zero-order valence-electron chi connectivity index (χ0n) is 11.3. The van der Waals surface area contributed by atoms with E-state index in [-0.39, 0.29) is 11.7 Å². The fraction of sp³-hybridized carbons (Fsp3) is 0.533. The van der Waals surface area contributed by atoms with Crippen LogP contribution in [0.5, 0.6) is 0 Å². The molecule has 3 rings (SSSR count). The third-order valence-corrected chi connectivity index (χ3v) is 4.03. The predicted molar refractivity (Wildman–Crippen MR) is 74.5 cm³/mol. The summed E-state index contributed by atoms with van der Waals surface area (Å²) in [6.07, 6.45) is 2.72. The van der Waals surface area contributed by atoms with Crippen molar-refractivity contribution in [1.29, 1.82) is 0 Å². The molecule has 1 amide bonds. The van der Waals surface area contributed by atoms with Gasteiger partial charge in [0.15, 0.2) is 0 Å². The standard InChI is InChI=1S/C15H20N2O2/c1-12-4-2-5-13(10-12)17-11-15(19-14(17)18)6-3-8-16-9-7-15/h2,4-5,10,16H,3,6-9,11H2,1H3. The van der Waals surface area contributed by atoms with Gasteiger partial charge >= 0.3 is 6.09 Å². The molecule has 0 aromatic heterocycles. The molecule has 4 heteroatoms. The Bertz CT molecular complexity index is 479. The number of carbonyl (C=O) groups is 1. The minimum atomic E-state index is -0.287. The first-order chi connectivity index (χ1) is 9.19. The molecule has 102 valence electrons. The second kappa shape index (κ2) is 4.85. The van der Waals surface area contributed by atoms with Crippen LogP contribution in [0.4, 0.5) is 10.5 Å². The molecule has 0 bridgehead atoms. The number of hydrogen-bond donors (Lipinski definition) is 1. The Hall–Kier alpha value is -1.55. The number of hydrogen-bond acceptors (Lipinski definition) is 3. The Morgan fingerprint density at radius 1 is 1.32 bits per heavy atom. The lowest BCUT2D eigenvalue weighted by atomic mass is 9.95. The van der Waals surface area contributed by atoms with Crippen LogP contribution in [0.1, 0.15) is 24.8 Å². The highest BCUT2D eigenvalue weighted by Crippen LogP contribution is 2.34. The first-order valence-electron chi connectivity index (χ1n) is 6.96. The van der Waals surface area contributed by atoms with Gasteiger partial charge in [-0.05, 0) is 50.6 Å². The summed E-state index contributed by atoms with van der Waals surface area (Å²) in [6, 6.07) is 8.03. The van der Waals surface area contributed by atoms with Crippen molar-refractivity contribution in [2.75, 3.05) is 24.5 Å². The molecule has 2 aliphatic rings. The molecule has 4 nitrogen and oxygen atoms in total. The molecular formula is C15H20N2O2. The van der Waals surface area contributed by atoms with Crippen LogP contribution in [0.15, 0.2) is 24.3 Å². The molecule has 1 atom stereocenters. The van der Waals surface area contributed by atoms with Gasteiger partial charge in [0.1, 0.15) is 5.60 Å². The number of anilines is 1. The van der Waals surface area contributed by atoms with E-state index in [9.17, 15) is 4.79 Å². The Labute approximate surface area is 113 Å². The Kier molecular flexibility index (Phi) is 3.19. The molecule has 0 aliphatic carbocycles. The van der Waals surface area contributed by atoms with E-state index in [4.69, 9.17) is 4.74 Å². The molecule has 1 aromatic carbocycles. The van der Waals surface area contributed by atoms with E-state index in [2.05, 4.69) is 5.32 Å². The predicted octanol–water partition coefficient (Wildman–Crippen LogP) is 2.46. The molecule has 2 fully saturated rings. The number of benzene rings is 1. The zero-order chi connectivity index (χ0) is 13.3. The lowest BCUT2D eigenvalue weighted by Gasteiger charge is -2.24. The number of nitrogens with one attached hydrogen (secondary N) is 1. The maximum Gasteiger partial charge on any atom is 0.415 e. The summed E-state index contributed by atoms with van der Waals surface area (Å²) in [5, 5.41) is 3.37. The summed E-state index contributed by atoms with van der Waals surface area (Å²) in [4.78, 5) is 13.9. The summed E-state index contributed by atoms with van der Waals surface area (Å²) in [5.41, 5.74) is 1.82. The van der Waals surface area contributed by atoms with Crippen molar-refractivity contribution < 1.29 is 9.53 Å². The first-order valence-corrected chi connectivity index (χ1v) is 6.96. The van der Waals surface area contributed by atoms with Gasteiger partial charge in [0.2, 0.25) is 0 Å². The SMILES string of the molecule is Cc1cccc(N2CC3(CCCNCC3)OC2=O)c1. The van der Waals surface area contributed by atoms with Crippen molar-refractivity contribution in [2.45, 2.75) is 31.8 Å². The maximum absolute atomic E-state index is 12.2. The van der Waals surface area contributed by atoms with Crippen LogP contribution in [-0.2, 0) is 4.74 Å². The van der Waals surface area contributed by atoms with Crippen molar-refractivity contribution in [2.24, 2.45) is 0 Å². The fourth-order valence-electron chi connectivity index (χ4n) is 2.98. The largest absolute Gasteiger partial charge is 0.441 e. The fourth-order valence-corrected chi connectivity index (χ4v) is 2.98. The van der Waals surface area contributed by atoms with Gasteiger partial charge in [-0.25, -0.2) is 4.79 Å². The molecule has 1 N–H and O–H groups in total. The van der Waals surface area contributed by atoms with E-state index in [1.165, 1.54) is 0 Å². The molecule has 19 heavy (non-hydrogen) atoms. The minimum Gasteiger partial charge on any atom is -0.441 e. The molecule has 1 aromatic rings. The minimum absolute atomic E-state index is 0.201. The third-order valence-electron chi connectivity index (χ3n) is 4.03. The molecule has 2 heterocycles.